The normalized spacial score (nSPS) is 23.4. The van der Waals surface area contributed by atoms with Gasteiger partial charge in [-0.2, -0.15) is 0 Å². The molecule has 0 bridgehead atoms. The smallest absolute Gasteiger partial charge is 0.331 e. The zero-order valence-corrected chi connectivity index (χ0v) is 13.7. The Hall–Kier alpha value is -1.35. The highest BCUT2D eigenvalue weighted by Gasteiger charge is 2.48. The molecule has 116 valence electrons. The van der Waals surface area contributed by atoms with Crippen molar-refractivity contribution in [1.29, 1.82) is 0 Å². The predicted molar refractivity (Wildman–Crippen MR) is 85.3 cm³/mol. The molecule has 1 aliphatic rings. The zero-order valence-electron chi connectivity index (χ0n) is 13.7. The van der Waals surface area contributed by atoms with Crippen molar-refractivity contribution < 1.29 is 9.53 Å². The highest BCUT2D eigenvalue weighted by molar-refractivity contribution is 5.84. The third kappa shape index (κ3) is 2.84. The van der Waals surface area contributed by atoms with Gasteiger partial charge >= 0.3 is 5.97 Å². The fourth-order valence-electron chi connectivity index (χ4n) is 3.28. The summed E-state index contributed by atoms with van der Waals surface area (Å²) in [5.74, 6) is -0.138. The molecule has 3 nitrogen and oxygen atoms in total. The molecule has 1 aromatic rings. The van der Waals surface area contributed by atoms with Crippen molar-refractivity contribution in [3.05, 3.63) is 35.4 Å². The zero-order chi connectivity index (χ0) is 15.5. The molecule has 0 saturated carbocycles. The fraction of sp³-hybridized carbons (Fsp3) is 0.611. The van der Waals surface area contributed by atoms with Crippen LogP contribution in [0.25, 0.3) is 0 Å². The maximum atomic E-state index is 12.7. The molecule has 0 radical (unpaired) electrons. The summed E-state index contributed by atoms with van der Waals surface area (Å²) in [4.78, 5) is 12.7. The van der Waals surface area contributed by atoms with Crippen LogP contribution in [-0.4, -0.2) is 19.1 Å². The molecule has 1 unspecified atom stereocenters. The van der Waals surface area contributed by atoms with Crippen molar-refractivity contribution in [3.8, 4) is 0 Å². The first-order valence-electron chi connectivity index (χ1n) is 8.00. The number of benzene rings is 1. The molecule has 1 aromatic carbocycles. The molecule has 0 heterocycles. The number of ether oxygens (including phenoxy) is 1. The summed E-state index contributed by atoms with van der Waals surface area (Å²) in [6.45, 7) is 9.71. The van der Waals surface area contributed by atoms with E-state index >= 15 is 0 Å². The van der Waals surface area contributed by atoms with Gasteiger partial charge in [0, 0.05) is 0 Å². The van der Waals surface area contributed by atoms with Gasteiger partial charge in [-0.15, -0.1) is 0 Å². The second-order valence-corrected chi connectivity index (χ2v) is 6.48. The van der Waals surface area contributed by atoms with Crippen molar-refractivity contribution in [1.82, 2.24) is 5.32 Å². The van der Waals surface area contributed by atoms with Crippen LogP contribution in [0.15, 0.2) is 24.3 Å². The summed E-state index contributed by atoms with van der Waals surface area (Å²) in [6, 6.07) is 8.30. The Balaban J connectivity index is 2.52. The van der Waals surface area contributed by atoms with Gasteiger partial charge < -0.3 is 4.74 Å². The van der Waals surface area contributed by atoms with E-state index in [9.17, 15) is 4.79 Å². The van der Waals surface area contributed by atoms with Crippen LogP contribution >= 0.6 is 0 Å². The third-order valence-electron chi connectivity index (χ3n) is 4.54. The minimum atomic E-state index is -0.682. The molecule has 0 saturated heterocycles. The van der Waals surface area contributed by atoms with Gasteiger partial charge in [-0.25, -0.2) is 4.79 Å². The number of carbonyl (C=O) groups is 1. The van der Waals surface area contributed by atoms with Crippen LogP contribution in [0.4, 0.5) is 0 Å². The highest BCUT2D eigenvalue weighted by atomic mass is 16.5. The minimum absolute atomic E-state index is 0.0977. The molecule has 0 amide bonds. The van der Waals surface area contributed by atoms with E-state index in [4.69, 9.17) is 4.74 Å². The summed E-state index contributed by atoms with van der Waals surface area (Å²) >= 11 is 0. The lowest BCUT2D eigenvalue weighted by Crippen LogP contribution is -2.54. The van der Waals surface area contributed by atoms with Gasteiger partial charge in [-0.05, 0) is 49.3 Å². The molecule has 1 atom stereocenters. The van der Waals surface area contributed by atoms with E-state index in [-0.39, 0.29) is 11.4 Å². The average Bonchev–Trinajstić information content (AvgIpc) is 2.47. The summed E-state index contributed by atoms with van der Waals surface area (Å²) in [7, 11) is 0. The molecule has 0 fully saturated rings. The van der Waals surface area contributed by atoms with Crippen LogP contribution in [0.3, 0.4) is 0 Å². The molecule has 0 aliphatic heterocycles. The van der Waals surface area contributed by atoms with Gasteiger partial charge in [0.2, 0.25) is 0 Å². The monoisotopic (exact) mass is 289 g/mol. The van der Waals surface area contributed by atoms with Crippen LogP contribution in [0.1, 0.15) is 58.1 Å². The topological polar surface area (TPSA) is 38.3 Å². The van der Waals surface area contributed by atoms with E-state index in [0.29, 0.717) is 6.61 Å². The van der Waals surface area contributed by atoms with Crippen LogP contribution in [-0.2, 0) is 20.5 Å². The molecule has 3 heteroatoms. The second-order valence-electron chi connectivity index (χ2n) is 6.48. The number of carbonyl (C=O) groups excluding carboxylic acids is 1. The predicted octanol–water partition coefficient (Wildman–Crippen LogP) is 3.52. The fourth-order valence-corrected chi connectivity index (χ4v) is 3.28. The average molecular weight is 289 g/mol. The van der Waals surface area contributed by atoms with E-state index in [1.54, 1.807) is 0 Å². The number of fused-ring (bicyclic) bond motifs is 1. The maximum absolute atomic E-state index is 12.7. The Morgan fingerprint density at radius 2 is 1.86 bits per heavy atom. The Kier molecular flexibility index (Phi) is 4.72. The van der Waals surface area contributed by atoms with E-state index < -0.39 is 5.54 Å². The van der Waals surface area contributed by atoms with E-state index in [1.807, 2.05) is 13.0 Å². The van der Waals surface area contributed by atoms with Crippen LogP contribution < -0.4 is 5.32 Å². The SMILES string of the molecule is CCCNC1(C(=O)OCC)CCC(C)(C)c2ccccc21. The highest BCUT2D eigenvalue weighted by Crippen LogP contribution is 2.45. The van der Waals surface area contributed by atoms with Crippen molar-refractivity contribution >= 4 is 5.97 Å². The first-order chi connectivity index (χ1) is 9.98. The van der Waals surface area contributed by atoms with Crippen molar-refractivity contribution in [2.24, 2.45) is 0 Å². The number of hydrogen-bond acceptors (Lipinski definition) is 3. The maximum Gasteiger partial charge on any atom is 0.331 e. The van der Waals surface area contributed by atoms with E-state index in [1.165, 1.54) is 5.56 Å². The summed E-state index contributed by atoms with van der Waals surface area (Å²) in [5.41, 5.74) is 1.76. The molecule has 21 heavy (non-hydrogen) atoms. The van der Waals surface area contributed by atoms with Crippen molar-refractivity contribution in [3.63, 3.8) is 0 Å². The number of hydrogen-bond donors (Lipinski definition) is 1. The first-order valence-corrected chi connectivity index (χ1v) is 8.00. The largest absolute Gasteiger partial charge is 0.464 e. The summed E-state index contributed by atoms with van der Waals surface area (Å²) < 4.78 is 5.41. The van der Waals surface area contributed by atoms with Crippen molar-refractivity contribution in [2.75, 3.05) is 13.2 Å². The first kappa shape index (κ1) is 16.0. The molecule has 1 N–H and O–H groups in total. The van der Waals surface area contributed by atoms with Gasteiger partial charge in [0.05, 0.1) is 6.61 Å². The molecule has 2 rings (SSSR count). The second kappa shape index (κ2) is 6.18. The van der Waals surface area contributed by atoms with Gasteiger partial charge in [0.1, 0.15) is 5.54 Å². The van der Waals surface area contributed by atoms with Crippen molar-refractivity contribution in [2.45, 2.75) is 57.9 Å². The number of esters is 1. The molecular weight excluding hydrogens is 262 g/mol. The lowest BCUT2D eigenvalue weighted by molar-refractivity contribution is -0.152. The van der Waals surface area contributed by atoms with Gasteiger partial charge in [-0.1, -0.05) is 45.0 Å². The minimum Gasteiger partial charge on any atom is -0.464 e. The van der Waals surface area contributed by atoms with Crippen LogP contribution in [0.2, 0.25) is 0 Å². The molecular formula is C18H27NO2. The van der Waals surface area contributed by atoms with E-state index in [2.05, 4.69) is 44.3 Å². The molecule has 1 aliphatic carbocycles. The molecule has 0 spiro atoms. The summed E-state index contributed by atoms with van der Waals surface area (Å²) in [6.07, 6.45) is 2.75. The Bertz CT molecular complexity index is 510. The Morgan fingerprint density at radius 3 is 2.48 bits per heavy atom. The van der Waals surface area contributed by atoms with Crippen LogP contribution in [0, 0.1) is 0 Å². The lowest BCUT2D eigenvalue weighted by Gasteiger charge is -2.44. The van der Waals surface area contributed by atoms with Gasteiger partial charge in [-0.3, -0.25) is 5.32 Å². The van der Waals surface area contributed by atoms with Crippen LogP contribution in [0.5, 0.6) is 0 Å². The quantitative estimate of drug-likeness (QED) is 0.843. The van der Waals surface area contributed by atoms with Gasteiger partial charge in [0.25, 0.3) is 0 Å². The summed E-state index contributed by atoms with van der Waals surface area (Å²) in [5, 5.41) is 3.49. The lowest BCUT2D eigenvalue weighted by atomic mass is 9.65. The Morgan fingerprint density at radius 1 is 1.19 bits per heavy atom. The molecule has 0 aromatic heterocycles. The number of rotatable bonds is 5. The third-order valence-corrected chi connectivity index (χ3v) is 4.54. The standard InChI is InChI=1S/C18H27NO2/c1-5-13-19-18(16(20)21-6-2)12-11-17(3,4)14-9-7-8-10-15(14)18/h7-10,19H,5-6,11-13H2,1-4H3. The Labute approximate surface area is 128 Å². The number of nitrogens with one attached hydrogen (secondary N) is 1. The van der Waals surface area contributed by atoms with Gasteiger partial charge in [0.15, 0.2) is 0 Å². The van der Waals surface area contributed by atoms with E-state index in [0.717, 1.165) is 31.4 Å².